The van der Waals surface area contributed by atoms with E-state index in [1.54, 1.807) is 30.8 Å². The molecule has 1 fully saturated rings. The number of aryl methyl sites for hydroxylation is 1. The van der Waals surface area contributed by atoms with Gasteiger partial charge in [0.05, 0.1) is 29.8 Å². The lowest BCUT2D eigenvalue weighted by Crippen LogP contribution is -2.47. The second kappa shape index (κ2) is 8.01. The Morgan fingerprint density at radius 3 is 2.59 bits per heavy atom. The molecule has 0 saturated carbocycles. The molecule has 1 aliphatic heterocycles. The molecule has 154 valence electrons. The summed E-state index contributed by atoms with van der Waals surface area (Å²) < 4.78 is 17.6. The van der Waals surface area contributed by atoms with Gasteiger partial charge in [0.25, 0.3) is 0 Å². The zero-order valence-corrected chi connectivity index (χ0v) is 19.0. The summed E-state index contributed by atoms with van der Waals surface area (Å²) in [5, 5.41) is 1.11. The Morgan fingerprint density at radius 1 is 1.17 bits per heavy atom. The fourth-order valence-electron chi connectivity index (χ4n) is 3.76. The molecule has 2 aromatic heterocycles. The van der Waals surface area contributed by atoms with Crippen LogP contribution in [0.15, 0.2) is 45.8 Å². The van der Waals surface area contributed by atoms with Crippen LogP contribution in [0.1, 0.15) is 23.5 Å². The van der Waals surface area contributed by atoms with Gasteiger partial charge >= 0.3 is 0 Å². The lowest BCUT2D eigenvalue weighted by molar-refractivity contribution is 0.198. The molecule has 3 aromatic rings. The van der Waals surface area contributed by atoms with Crippen LogP contribution in [0, 0.1) is 6.92 Å². The number of hydrogen-bond donors (Lipinski definition) is 0. The van der Waals surface area contributed by atoms with Crippen LogP contribution in [0.5, 0.6) is 0 Å². The van der Waals surface area contributed by atoms with Gasteiger partial charge < -0.3 is 4.90 Å². The first-order valence-corrected chi connectivity index (χ1v) is 12.5. The standard InChI is InChI=1S/C21H27N5OS2/c1-15(17-5-7-20-19(13-17)24-16(2)28-20)25-9-11-26(12-10-25)21-8-6-18(14-23-21)29(4,27)22-3/h5-8,13-15H,9-12H2,1-4H3. The average molecular weight is 430 g/mol. The van der Waals surface area contributed by atoms with E-state index in [-0.39, 0.29) is 0 Å². The fraction of sp³-hybridized carbons (Fsp3) is 0.429. The molecule has 1 aliphatic rings. The van der Waals surface area contributed by atoms with Crippen LogP contribution in [0.25, 0.3) is 10.2 Å². The first-order chi connectivity index (χ1) is 13.9. The summed E-state index contributed by atoms with van der Waals surface area (Å²) in [6.45, 7) is 8.14. The van der Waals surface area contributed by atoms with Gasteiger partial charge in [0, 0.05) is 51.7 Å². The van der Waals surface area contributed by atoms with Crippen molar-refractivity contribution in [3.8, 4) is 0 Å². The molecule has 0 amide bonds. The Morgan fingerprint density at radius 2 is 1.93 bits per heavy atom. The second-order valence-corrected chi connectivity index (χ2v) is 11.2. The van der Waals surface area contributed by atoms with Crippen LogP contribution < -0.4 is 4.90 Å². The van der Waals surface area contributed by atoms with Gasteiger partial charge in [-0.3, -0.25) is 4.90 Å². The zero-order chi connectivity index (χ0) is 20.6. The Hall–Kier alpha value is -2.03. The molecule has 2 atom stereocenters. The lowest BCUT2D eigenvalue weighted by Gasteiger charge is -2.38. The molecule has 0 radical (unpaired) electrons. The Balaban J connectivity index is 1.42. The number of nitrogens with zero attached hydrogens (tertiary/aromatic N) is 5. The number of rotatable bonds is 4. The van der Waals surface area contributed by atoms with Crippen molar-refractivity contribution < 1.29 is 4.21 Å². The van der Waals surface area contributed by atoms with Gasteiger partial charge in [0.15, 0.2) is 0 Å². The van der Waals surface area contributed by atoms with Gasteiger partial charge in [0.2, 0.25) is 0 Å². The van der Waals surface area contributed by atoms with Gasteiger partial charge in [-0.1, -0.05) is 6.07 Å². The number of pyridine rings is 1. The van der Waals surface area contributed by atoms with Crippen molar-refractivity contribution in [1.29, 1.82) is 0 Å². The van der Waals surface area contributed by atoms with Crippen LogP contribution in [0.2, 0.25) is 0 Å². The number of piperazine rings is 1. The van der Waals surface area contributed by atoms with Crippen molar-refractivity contribution in [1.82, 2.24) is 14.9 Å². The summed E-state index contributed by atoms with van der Waals surface area (Å²) in [4.78, 5) is 14.7. The minimum atomic E-state index is -2.33. The highest BCUT2D eigenvalue weighted by Crippen LogP contribution is 2.28. The third-order valence-corrected chi connectivity index (χ3v) is 8.46. The third kappa shape index (κ3) is 4.15. The molecule has 6 nitrogen and oxygen atoms in total. The number of benzene rings is 1. The maximum Gasteiger partial charge on any atom is 0.128 e. The van der Waals surface area contributed by atoms with Crippen LogP contribution >= 0.6 is 11.3 Å². The van der Waals surface area contributed by atoms with Crippen LogP contribution in [0.3, 0.4) is 0 Å². The Bertz CT molecular complexity index is 1120. The number of aromatic nitrogens is 2. The van der Waals surface area contributed by atoms with Crippen LogP contribution in [-0.4, -0.2) is 58.6 Å². The topological polar surface area (TPSA) is 61.7 Å². The Labute approximate surface area is 176 Å². The van der Waals surface area contributed by atoms with Crippen molar-refractivity contribution in [2.75, 3.05) is 44.4 Å². The first-order valence-electron chi connectivity index (χ1n) is 9.80. The van der Waals surface area contributed by atoms with Gasteiger partial charge in [-0.15, -0.1) is 11.3 Å². The third-order valence-electron chi connectivity index (χ3n) is 5.69. The monoisotopic (exact) mass is 429 g/mol. The summed E-state index contributed by atoms with van der Waals surface area (Å²) >= 11 is 1.75. The molecule has 1 saturated heterocycles. The molecule has 0 N–H and O–H groups in total. The van der Waals surface area contributed by atoms with E-state index in [1.807, 2.05) is 12.1 Å². The molecule has 8 heteroatoms. The van der Waals surface area contributed by atoms with Crippen molar-refractivity contribution in [2.45, 2.75) is 24.8 Å². The summed E-state index contributed by atoms with van der Waals surface area (Å²) in [5.41, 5.74) is 2.42. The predicted molar refractivity (Wildman–Crippen MR) is 121 cm³/mol. The van der Waals surface area contributed by atoms with Crippen LogP contribution in [-0.2, 0) is 9.73 Å². The molecule has 0 bridgehead atoms. The number of hydrogen-bond acceptors (Lipinski definition) is 7. The number of fused-ring (bicyclic) bond motifs is 1. The van der Waals surface area contributed by atoms with Gasteiger partial charge in [0.1, 0.15) is 5.82 Å². The van der Waals surface area contributed by atoms with Crippen molar-refractivity contribution >= 4 is 37.1 Å². The van der Waals surface area contributed by atoms with Gasteiger partial charge in [-0.2, -0.15) is 0 Å². The minimum absolute atomic E-state index is 0.356. The maximum absolute atomic E-state index is 12.3. The van der Waals surface area contributed by atoms with E-state index < -0.39 is 9.73 Å². The van der Waals surface area contributed by atoms with E-state index in [1.165, 1.54) is 10.3 Å². The molecular formula is C21H27N5OS2. The summed E-state index contributed by atoms with van der Waals surface area (Å²) in [7, 11) is -0.742. The van der Waals surface area contributed by atoms with E-state index in [2.05, 4.69) is 56.2 Å². The maximum atomic E-state index is 12.3. The number of anilines is 1. The summed E-state index contributed by atoms with van der Waals surface area (Å²) in [6.07, 6.45) is 3.35. The molecule has 3 heterocycles. The molecule has 0 aliphatic carbocycles. The highest BCUT2D eigenvalue weighted by Gasteiger charge is 2.23. The van der Waals surface area contributed by atoms with Crippen molar-refractivity contribution in [2.24, 2.45) is 4.36 Å². The van der Waals surface area contributed by atoms with Gasteiger partial charge in [-0.25, -0.2) is 18.5 Å². The molecule has 29 heavy (non-hydrogen) atoms. The quantitative estimate of drug-likeness (QED) is 0.628. The minimum Gasteiger partial charge on any atom is -0.354 e. The van der Waals surface area contributed by atoms with Crippen LogP contribution in [0.4, 0.5) is 5.82 Å². The summed E-state index contributed by atoms with van der Waals surface area (Å²) in [6, 6.07) is 10.9. The normalized spacial score (nSPS) is 18.6. The summed E-state index contributed by atoms with van der Waals surface area (Å²) in [5.74, 6) is 0.937. The largest absolute Gasteiger partial charge is 0.354 e. The average Bonchev–Trinajstić information content (AvgIpc) is 3.12. The molecular weight excluding hydrogens is 402 g/mol. The zero-order valence-electron chi connectivity index (χ0n) is 17.3. The fourth-order valence-corrected chi connectivity index (χ4v) is 5.34. The van der Waals surface area contributed by atoms with Crippen molar-refractivity contribution in [3.63, 3.8) is 0 Å². The molecule has 2 unspecified atom stereocenters. The van der Waals surface area contributed by atoms with E-state index in [9.17, 15) is 4.21 Å². The smallest absolute Gasteiger partial charge is 0.128 e. The second-order valence-electron chi connectivity index (χ2n) is 7.50. The Kier molecular flexibility index (Phi) is 5.59. The van der Waals surface area contributed by atoms with E-state index in [0.717, 1.165) is 42.5 Å². The van der Waals surface area contributed by atoms with Gasteiger partial charge in [-0.05, 0) is 43.7 Å². The highest BCUT2D eigenvalue weighted by molar-refractivity contribution is 7.93. The van der Waals surface area contributed by atoms with Crippen molar-refractivity contribution in [3.05, 3.63) is 47.1 Å². The predicted octanol–water partition coefficient (Wildman–Crippen LogP) is 3.97. The molecule has 4 rings (SSSR count). The van der Waals surface area contributed by atoms with E-state index >= 15 is 0 Å². The van der Waals surface area contributed by atoms with E-state index in [0.29, 0.717) is 10.9 Å². The highest BCUT2D eigenvalue weighted by atomic mass is 32.2. The SMILES string of the molecule is CN=S(C)(=O)c1ccc(N2CCN(C(C)c3ccc4sc(C)nc4c3)CC2)nc1. The van der Waals surface area contributed by atoms with E-state index in [4.69, 9.17) is 0 Å². The number of thiazole rings is 1. The molecule has 0 spiro atoms. The molecule has 1 aromatic carbocycles. The lowest BCUT2D eigenvalue weighted by atomic mass is 10.1. The first kappa shape index (κ1) is 20.3.